The van der Waals surface area contributed by atoms with Crippen LogP contribution in [0, 0.1) is 0 Å². The van der Waals surface area contributed by atoms with Crippen molar-refractivity contribution in [2.24, 2.45) is 0 Å². The lowest BCUT2D eigenvalue weighted by Crippen LogP contribution is -2.38. The zero-order valence-electron chi connectivity index (χ0n) is 11.9. The van der Waals surface area contributed by atoms with Crippen LogP contribution >= 0.6 is 0 Å². The average Bonchev–Trinajstić information content (AvgIpc) is 2.73. The van der Waals surface area contributed by atoms with Crippen molar-refractivity contribution < 1.29 is 9.53 Å². The Bertz CT molecular complexity index is 492. The minimum Gasteiger partial charge on any atom is -0.466 e. The van der Waals surface area contributed by atoms with Crippen molar-refractivity contribution in [3.05, 3.63) is 23.8 Å². The van der Waals surface area contributed by atoms with E-state index < -0.39 is 0 Å². The molecule has 20 heavy (non-hydrogen) atoms. The van der Waals surface area contributed by atoms with Crippen LogP contribution in [0.15, 0.2) is 12.5 Å². The van der Waals surface area contributed by atoms with E-state index in [0.717, 1.165) is 19.4 Å². The third kappa shape index (κ3) is 2.54. The Balaban J connectivity index is 1.61. The minimum absolute atomic E-state index is 0.0828. The van der Waals surface area contributed by atoms with Gasteiger partial charge in [0, 0.05) is 36.7 Å². The van der Waals surface area contributed by atoms with Crippen LogP contribution in [0.25, 0.3) is 0 Å². The summed E-state index contributed by atoms with van der Waals surface area (Å²) in [6.45, 7) is 3.28. The molecule has 108 valence electrons. The molecule has 0 saturated carbocycles. The lowest BCUT2D eigenvalue weighted by molar-refractivity contribution is -0.143. The molecule has 0 amide bonds. The van der Waals surface area contributed by atoms with Gasteiger partial charge in [-0.05, 0) is 32.7 Å². The van der Waals surface area contributed by atoms with E-state index >= 15 is 0 Å². The van der Waals surface area contributed by atoms with Gasteiger partial charge in [0.2, 0.25) is 0 Å². The number of hydrogen-bond donors (Lipinski definition) is 0. The molecule has 5 nitrogen and oxygen atoms in total. The summed E-state index contributed by atoms with van der Waals surface area (Å²) < 4.78 is 4.98. The highest BCUT2D eigenvalue weighted by Gasteiger charge is 2.40. The van der Waals surface area contributed by atoms with Crippen molar-refractivity contribution in [1.82, 2.24) is 14.9 Å². The summed E-state index contributed by atoms with van der Waals surface area (Å²) in [4.78, 5) is 22.5. The first-order valence-corrected chi connectivity index (χ1v) is 7.49. The second kappa shape index (κ2) is 5.87. The molecule has 3 heterocycles. The van der Waals surface area contributed by atoms with Gasteiger partial charge >= 0.3 is 5.97 Å². The largest absolute Gasteiger partial charge is 0.466 e. The van der Waals surface area contributed by atoms with Crippen LogP contribution < -0.4 is 0 Å². The summed E-state index contributed by atoms with van der Waals surface area (Å²) in [6.07, 6.45) is 8.43. The molecule has 2 bridgehead atoms. The van der Waals surface area contributed by atoms with Crippen LogP contribution in [0.3, 0.4) is 0 Å². The number of esters is 1. The van der Waals surface area contributed by atoms with Crippen molar-refractivity contribution in [3.63, 3.8) is 0 Å². The number of carbonyl (C=O) groups is 1. The first-order chi connectivity index (χ1) is 9.79. The van der Waals surface area contributed by atoms with E-state index in [1.54, 1.807) is 6.33 Å². The lowest BCUT2D eigenvalue weighted by Gasteiger charge is -2.35. The molecule has 1 fully saturated rings. The molecule has 0 radical (unpaired) electrons. The Morgan fingerprint density at radius 3 is 3.25 bits per heavy atom. The fraction of sp³-hybridized carbons (Fsp3) is 0.667. The Morgan fingerprint density at radius 1 is 1.50 bits per heavy atom. The maximum atomic E-state index is 11.4. The molecule has 1 aromatic heterocycles. The zero-order valence-corrected chi connectivity index (χ0v) is 11.9. The van der Waals surface area contributed by atoms with Gasteiger partial charge in [-0.2, -0.15) is 0 Å². The number of fused-ring (bicyclic) bond motifs is 4. The van der Waals surface area contributed by atoms with Gasteiger partial charge in [-0.3, -0.25) is 9.69 Å². The molecule has 2 aliphatic heterocycles. The fourth-order valence-corrected chi connectivity index (χ4v) is 3.51. The summed E-state index contributed by atoms with van der Waals surface area (Å²) in [5.41, 5.74) is 2.51. The molecule has 0 spiro atoms. The molecule has 3 rings (SSSR count). The predicted octanol–water partition coefficient (Wildman–Crippen LogP) is 1.88. The van der Waals surface area contributed by atoms with Gasteiger partial charge in [-0.15, -0.1) is 0 Å². The lowest BCUT2D eigenvalue weighted by atomic mass is 9.99. The van der Waals surface area contributed by atoms with Gasteiger partial charge in [-0.1, -0.05) is 0 Å². The summed E-state index contributed by atoms with van der Waals surface area (Å²) in [6, 6.07) is 1.04. The van der Waals surface area contributed by atoms with Crippen molar-refractivity contribution in [3.8, 4) is 0 Å². The van der Waals surface area contributed by atoms with Crippen LogP contribution in [-0.4, -0.2) is 40.0 Å². The smallest absolute Gasteiger partial charge is 0.305 e. The van der Waals surface area contributed by atoms with E-state index in [1.807, 2.05) is 13.1 Å². The average molecular weight is 275 g/mol. The first-order valence-electron chi connectivity index (χ1n) is 7.49. The topological polar surface area (TPSA) is 55.3 Å². The number of carbonyl (C=O) groups excluding carboxylic acids is 1. The summed E-state index contributed by atoms with van der Waals surface area (Å²) in [7, 11) is 0. The normalized spacial score (nSPS) is 24.4. The van der Waals surface area contributed by atoms with Gasteiger partial charge in [0.25, 0.3) is 0 Å². The maximum Gasteiger partial charge on any atom is 0.305 e. The molecule has 2 unspecified atom stereocenters. The molecular formula is C15H21N3O2. The molecule has 0 aliphatic carbocycles. The summed E-state index contributed by atoms with van der Waals surface area (Å²) in [5, 5.41) is 0. The standard InChI is InChI=1S/C15H21N3O2/c1-2-20-15(19)4-3-7-18-11-5-6-14(18)12-9-16-10-17-13(12)8-11/h9-11,14H,2-8H2,1H3. The van der Waals surface area contributed by atoms with Crippen LogP contribution in [0.5, 0.6) is 0 Å². The van der Waals surface area contributed by atoms with E-state index in [1.165, 1.54) is 24.1 Å². The molecule has 0 aromatic carbocycles. The van der Waals surface area contributed by atoms with Crippen molar-refractivity contribution in [1.29, 1.82) is 0 Å². The summed E-state index contributed by atoms with van der Waals surface area (Å²) in [5.74, 6) is -0.0828. The molecule has 2 atom stereocenters. The van der Waals surface area contributed by atoms with Crippen molar-refractivity contribution >= 4 is 5.97 Å². The van der Waals surface area contributed by atoms with E-state index in [-0.39, 0.29) is 5.97 Å². The Hall–Kier alpha value is -1.49. The van der Waals surface area contributed by atoms with Gasteiger partial charge in [0.1, 0.15) is 6.33 Å². The SMILES string of the molecule is CCOC(=O)CCCN1C2CCC1c1cncnc1C2. The maximum absolute atomic E-state index is 11.4. The third-order valence-electron chi connectivity index (χ3n) is 4.36. The quantitative estimate of drug-likeness (QED) is 0.768. The van der Waals surface area contributed by atoms with Gasteiger partial charge < -0.3 is 4.74 Å². The second-order valence-corrected chi connectivity index (χ2v) is 5.52. The Kier molecular flexibility index (Phi) is 3.96. The van der Waals surface area contributed by atoms with Crippen LogP contribution in [0.4, 0.5) is 0 Å². The minimum atomic E-state index is -0.0828. The monoisotopic (exact) mass is 275 g/mol. The molecule has 2 aliphatic rings. The highest BCUT2D eigenvalue weighted by molar-refractivity contribution is 5.69. The number of nitrogens with zero attached hydrogens (tertiary/aromatic N) is 3. The van der Waals surface area contributed by atoms with E-state index in [0.29, 0.717) is 25.1 Å². The highest BCUT2D eigenvalue weighted by Crippen LogP contribution is 2.42. The van der Waals surface area contributed by atoms with Crippen LogP contribution in [0.2, 0.25) is 0 Å². The molecule has 5 heteroatoms. The first kappa shape index (κ1) is 13.5. The molecule has 1 saturated heterocycles. The van der Waals surface area contributed by atoms with Gasteiger partial charge in [0.15, 0.2) is 0 Å². The predicted molar refractivity (Wildman–Crippen MR) is 74.1 cm³/mol. The molecule has 0 N–H and O–H groups in total. The van der Waals surface area contributed by atoms with Gasteiger partial charge in [0.05, 0.1) is 12.3 Å². The van der Waals surface area contributed by atoms with Crippen molar-refractivity contribution in [2.45, 2.75) is 51.1 Å². The number of ether oxygens (including phenoxy) is 1. The number of rotatable bonds is 5. The number of hydrogen-bond acceptors (Lipinski definition) is 5. The highest BCUT2D eigenvalue weighted by atomic mass is 16.5. The van der Waals surface area contributed by atoms with E-state index in [9.17, 15) is 4.79 Å². The van der Waals surface area contributed by atoms with Gasteiger partial charge in [-0.25, -0.2) is 9.97 Å². The molecule has 1 aromatic rings. The Labute approximate surface area is 119 Å². The summed E-state index contributed by atoms with van der Waals surface area (Å²) >= 11 is 0. The third-order valence-corrected chi connectivity index (χ3v) is 4.36. The Morgan fingerprint density at radius 2 is 2.40 bits per heavy atom. The number of aromatic nitrogens is 2. The van der Waals surface area contributed by atoms with E-state index in [2.05, 4.69) is 14.9 Å². The van der Waals surface area contributed by atoms with Crippen LogP contribution in [0.1, 0.15) is 49.9 Å². The zero-order chi connectivity index (χ0) is 13.9. The second-order valence-electron chi connectivity index (χ2n) is 5.52. The van der Waals surface area contributed by atoms with Crippen molar-refractivity contribution in [2.75, 3.05) is 13.2 Å². The van der Waals surface area contributed by atoms with Crippen LogP contribution in [-0.2, 0) is 16.0 Å². The molecular weight excluding hydrogens is 254 g/mol. The van der Waals surface area contributed by atoms with E-state index in [4.69, 9.17) is 4.74 Å². The fourth-order valence-electron chi connectivity index (χ4n) is 3.51.